The first-order chi connectivity index (χ1) is 11.7. The van der Waals surface area contributed by atoms with Crippen molar-refractivity contribution in [3.05, 3.63) is 58.6 Å². The van der Waals surface area contributed by atoms with Crippen LogP contribution < -0.4 is 10.1 Å². The minimum absolute atomic E-state index is 0.0366. The number of anilines is 1. The maximum Gasteiger partial charge on any atom is 0.416 e. The summed E-state index contributed by atoms with van der Waals surface area (Å²) in [6, 6.07) is 8.93. The van der Waals surface area contributed by atoms with E-state index in [2.05, 4.69) is 5.32 Å². The largest absolute Gasteiger partial charge is 0.483 e. The van der Waals surface area contributed by atoms with Crippen molar-refractivity contribution in [3.8, 4) is 5.75 Å². The highest BCUT2D eigenvalue weighted by molar-refractivity contribution is 6.33. The van der Waals surface area contributed by atoms with Gasteiger partial charge in [0.05, 0.1) is 21.8 Å². The first kappa shape index (κ1) is 18.8. The van der Waals surface area contributed by atoms with Gasteiger partial charge in [-0.15, -0.1) is 0 Å². The molecule has 0 atom stereocenters. The lowest BCUT2D eigenvalue weighted by Gasteiger charge is -2.13. The average Bonchev–Trinajstić information content (AvgIpc) is 2.54. The molecule has 0 aliphatic carbocycles. The number of benzene rings is 2. The molecule has 0 fully saturated rings. The van der Waals surface area contributed by atoms with Gasteiger partial charge in [-0.2, -0.15) is 13.2 Å². The Morgan fingerprint density at radius 2 is 1.84 bits per heavy atom. The number of alkyl halides is 3. The van der Waals surface area contributed by atoms with Crippen molar-refractivity contribution in [1.82, 2.24) is 0 Å². The molecule has 2 rings (SSSR count). The first-order valence-electron chi connectivity index (χ1n) is 7.08. The summed E-state index contributed by atoms with van der Waals surface area (Å²) in [6.45, 7) is 0.863. The van der Waals surface area contributed by atoms with E-state index < -0.39 is 24.3 Å². The van der Waals surface area contributed by atoms with Crippen LogP contribution in [0.5, 0.6) is 5.75 Å². The number of hydrogen-bond donors (Lipinski definition) is 1. The minimum atomic E-state index is -4.55. The molecule has 1 amide bonds. The third-order valence-electron chi connectivity index (χ3n) is 3.19. The van der Waals surface area contributed by atoms with Crippen molar-refractivity contribution < 1.29 is 27.5 Å². The van der Waals surface area contributed by atoms with E-state index in [0.717, 1.165) is 18.2 Å². The zero-order valence-corrected chi connectivity index (χ0v) is 13.7. The van der Waals surface area contributed by atoms with Gasteiger partial charge in [-0.3, -0.25) is 9.59 Å². The number of ether oxygens (including phenoxy) is 1. The maximum atomic E-state index is 12.7. The number of hydrogen-bond acceptors (Lipinski definition) is 3. The monoisotopic (exact) mass is 371 g/mol. The highest BCUT2D eigenvalue weighted by Gasteiger charge is 2.31. The van der Waals surface area contributed by atoms with E-state index in [0.29, 0.717) is 5.56 Å². The Bertz CT molecular complexity index is 806. The van der Waals surface area contributed by atoms with Crippen molar-refractivity contribution in [1.29, 1.82) is 0 Å². The number of halogens is 4. The average molecular weight is 372 g/mol. The first-order valence-corrected chi connectivity index (χ1v) is 7.45. The van der Waals surface area contributed by atoms with Crippen LogP contribution in [0.1, 0.15) is 22.8 Å². The van der Waals surface area contributed by atoms with Crippen LogP contribution >= 0.6 is 11.6 Å². The van der Waals surface area contributed by atoms with E-state index in [4.69, 9.17) is 16.3 Å². The van der Waals surface area contributed by atoms with Crippen molar-refractivity contribution in [2.75, 3.05) is 11.9 Å². The van der Waals surface area contributed by atoms with Gasteiger partial charge in [0, 0.05) is 0 Å². The van der Waals surface area contributed by atoms with Gasteiger partial charge >= 0.3 is 6.18 Å². The smallest absolute Gasteiger partial charge is 0.416 e. The molecule has 0 aliphatic heterocycles. The zero-order valence-electron chi connectivity index (χ0n) is 13.0. The van der Waals surface area contributed by atoms with E-state index in [-0.39, 0.29) is 22.2 Å². The third-order valence-corrected chi connectivity index (χ3v) is 3.52. The van der Waals surface area contributed by atoms with Gasteiger partial charge in [-0.05, 0) is 37.3 Å². The van der Waals surface area contributed by atoms with Crippen molar-refractivity contribution in [2.24, 2.45) is 0 Å². The van der Waals surface area contributed by atoms with Crippen molar-refractivity contribution in [2.45, 2.75) is 13.1 Å². The molecule has 4 nitrogen and oxygen atoms in total. The summed E-state index contributed by atoms with van der Waals surface area (Å²) in [4.78, 5) is 23.4. The lowest BCUT2D eigenvalue weighted by atomic mass is 10.1. The van der Waals surface area contributed by atoms with Gasteiger partial charge in [0.2, 0.25) is 0 Å². The van der Waals surface area contributed by atoms with Crippen LogP contribution in [0.4, 0.5) is 18.9 Å². The molecule has 2 aromatic carbocycles. The van der Waals surface area contributed by atoms with Crippen LogP contribution in [0.25, 0.3) is 0 Å². The Hall–Kier alpha value is -2.54. The van der Waals surface area contributed by atoms with E-state index in [1.54, 1.807) is 18.2 Å². The highest BCUT2D eigenvalue weighted by Crippen LogP contribution is 2.33. The van der Waals surface area contributed by atoms with Crippen molar-refractivity contribution in [3.63, 3.8) is 0 Å². The third kappa shape index (κ3) is 4.96. The Balaban J connectivity index is 2.08. The molecule has 0 spiro atoms. The fourth-order valence-corrected chi connectivity index (χ4v) is 2.18. The SMILES string of the molecule is CC(=O)c1ccccc1OCC(=O)Nc1cc(C(F)(F)F)ccc1Cl. The summed E-state index contributed by atoms with van der Waals surface area (Å²) in [5.41, 5.74) is -0.813. The number of amides is 1. The molecule has 1 N–H and O–H groups in total. The number of Topliss-reactive ketones (excluding diaryl/α,β-unsaturated/α-hetero) is 1. The maximum absolute atomic E-state index is 12.7. The molecule has 132 valence electrons. The van der Waals surface area contributed by atoms with E-state index in [1.807, 2.05) is 0 Å². The van der Waals surface area contributed by atoms with Crippen LogP contribution in [0.2, 0.25) is 5.02 Å². The van der Waals surface area contributed by atoms with Crippen LogP contribution in [0.3, 0.4) is 0 Å². The summed E-state index contributed by atoms with van der Waals surface area (Å²) >= 11 is 5.81. The predicted octanol–water partition coefficient (Wildman–Crippen LogP) is 4.58. The lowest BCUT2D eigenvalue weighted by Crippen LogP contribution is -2.21. The van der Waals surface area contributed by atoms with Gasteiger partial charge in [0.25, 0.3) is 5.91 Å². The molecular weight excluding hydrogens is 359 g/mol. The molecular formula is C17H13ClF3NO3. The lowest BCUT2D eigenvalue weighted by molar-refractivity contribution is -0.137. The van der Waals surface area contributed by atoms with E-state index >= 15 is 0 Å². The minimum Gasteiger partial charge on any atom is -0.483 e. The Morgan fingerprint density at radius 1 is 1.16 bits per heavy atom. The Kier molecular flexibility index (Phi) is 5.69. The summed E-state index contributed by atoms with van der Waals surface area (Å²) in [5, 5.41) is 2.22. The van der Waals surface area contributed by atoms with Crippen LogP contribution in [-0.2, 0) is 11.0 Å². The fraction of sp³-hybridized carbons (Fsp3) is 0.176. The van der Waals surface area contributed by atoms with Gasteiger partial charge in [-0.25, -0.2) is 0 Å². The second-order valence-electron chi connectivity index (χ2n) is 5.08. The molecule has 0 radical (unpaired) electrons. The van der Waals surface area contributed by atoms with Gasteiger partial charge < -0.3 is 10.1 Å². The number of para-hydroxylation sites is 1. The van der Waals surface area contributed by atoms with Gasteiger partial charge in [0.15, 0.2) is 12.4 Å². The summed E-state index contributed by atoms with van der Waals surface area (Å²) in [7, 11) is 0. The predicted molar refractivity (Wildman–Crippen MR) is 87.0 cm³/mol. The van der Waals surface area contributed by atoms with E-state index in [9.17, 15) is 22.8 Å². The molecule has 0 saturated carbocycles. The molecule has 0 aliphatic rings. The number of carbonyl (C=O) groups excluding carboxylic acids is 2. The molecule has 0 unspecified atom stereocenters. The molecule has 0 aromatic heterocycles. The zero-order chi connectivity index (χ0) is 18.6. The normalized spacial score (nSPS) is 11.1. The fourth-order valence-electron chi connectivity index (χ4n) is 2.01. The number of nitrogens with one attached hydrogen (secondary N) is 1. The van der Waals surface area contributed by atoms with Crippen molar-refractivity contribution >= 4 is 29.0 Å². The highest BCUT2D eigenvalue weighted by atomic mass is 35.5. The molecule has 0 heterocycles. The van der Waals surface area contributed by atoms with Crippen LogP contribution in [-0.4, -0.2) is 18.3 Å². The summed E-state index contributed by atoms with van der Waals surface area (Å²) in [6.07, 6.45) is -4.55. The quantitative estimate of drug-likeness (QED) is 0.783. The topological polar surface area (TPSA) is 55.4 Å². The second kappa shape index (κ2) is 7.57. The molecule has 0 saturated heterocycles. The Labute approximate surface area is 146 Å². The van der Waals surface area contributed by atoms with E-state index in [1.165, 1.54) is 13.0 Å². The molecule has 8 heteroatoms. The number of ketones is 1. The molecule has 25 heavy (non-hydrogen) atoms. The number of rotatable bonds is 5. The van der Waals surface area contributed by atoms with Gasteiger partial charge in [-0.1, -0.05) is 23.7 Å². The number of carbonyl (C=O) groups is 2. The van der Waals surface area contributed by atoms with Gasteiger partial charge in [0.1, 0.15) is 5.75 Å². The second-order valence-corrected chi connectivity index (χ2v) is 5.49. The van der Waals surface area contributed by atoms with Crippen LogP contribution in [0, 0.1) is 0 Å². The molecule has 2 aromatic rings. The molecule has 0 bridgehead atoms. The summed E-state index contributed by atoms with van der Waals surface area (Å²) in [5.74, 6) is -0.739. The van der Waals surface area contributed by atoms with Crippen LogP contribution in [0.15, 0.2) is 42.5 Å². The Morgan fingerprint density at radius 3 is 2.48 bits per heavy atom. The summed E-state index contributed by atoms with van der Waals surface area (Å²) < 4.78 is 43.4. The standard InChI is InChI=1S/C17H13ClF3NO3/c1-10(23)12-4-2-3-5-15(12)25-9-16(24)22-14-8-11(17(19,20)21)6-7-13(14)18/h2-8H,9H2,1H3,(H,22,24).